The Kier molecular flexibility index (Phi) is 11.2. The van der Waals surface area contributed by atoms with Gasteiger partial charge in [-0.2, -0.15) is 18.3 Å². The second-order valence-electron chi connectivity index (χ2n) is 11.0. The van der Waals surface area contributed by atoms with Gasteiger partial charge in [-0.15, -0.1) is 0 Å². The van der Waals surface area contributed by atoms with Crippen molar-refractivity contribution in [3.8, 4) is 23.0 Å². The number of pyridine rings is 1. The second kappa shape index (κ2) is 15.5. The van der Waals surface area contributed by atoms with E-state index in [1.165, 1.54) is 25.3 Å². The van der Waals surface area contributed by atoms with Crippen LogP contribution in [0.25, 0.3) is 10.9 Å². The molecule has 0 radical (unpaired) electrons. The number of benzene rings is 3. The fraction of sp³-hybridized carbons (Fsp3) is 0.303. The lowest BCUT2D eigenvalue weighted by Crippen LogP contribution is -2.44. The minimum Gasteiger partial charge on any atom is -0.493 e. The third-order valence-electron chi connectivity index (χ3n) is 7.54. The summed E-state index contributed by atoms with van der Waals surface area (Å²) in [6.07, 6.45) is -1.12. The number of likely N-dealkylation sites (N-methyl/N-ethyl adjacent to an activating group) is 1. The standard InChI is InChI=1S/C33H33ClF4N6O4/c1-43-11-13-44(14-12-43)10-3-15-47-31-19-27-23(18-30(31)46-2)28(8-9-39-27)48-29-7-4-21(16-26(29)35)20-40-42-32(45)41-22-5-6-25(34)24(17-22)33(36,37)38/h4-9,16-20H,3,10-15H2,1-2H3,(H2,41,42,45)/b40-20+. The van der Waals surface area contributed by atoms with E-state index >= 15 is 4.39 Å². The number of nitrogens with zero attached hydrogens (tertiary/aromatic N) is 4. The molecule has 10 nitrogen and oxygen atoms in total. The normalized spacial score (nSPS) is 14.3. The highest BCUT2D eigenvalue weighted by atomic mass is 35.5. The number of amides is 2. The van der Waals surface area contributed by atoms with Crippen LogP contribution in [0.2, 0.25) is 5.02 Å². The Hall–Kier alpha value is -4.66. The van der Waals surface area contributed by atoms with E-state index in [0.717, 1.165) is 57.5 Å². The molecule has 0 atom stereocenters. The van der Waals surface area contributed by atoms with Crippen LogP contribution in [0, 0.1) is 5.82 Å². The predicted octanol–water partition coefficient (Wildman–Crippen LogP) is 7.02. The maximum atomic E-state index is 15.1. The maximum absolute atomic E-state index is 15.1. The van der Waals surface area contributed by atoms with Gasteiger partial charge in [0.05, 0.1) is 36.0 Å². The summed E-state index contributed by atoms with van der Waals surface area (Å²) in [5, 5.41) is 6.03. The molecule has 0 spiro atoms. The van der Waals surface area contributed by atoms with Gasteiger partial charge in [0.2, 0.25) is 0 Å². The van der Waals surface area contributed by atoms with E-state index < -0.39 is 28.6 Å². The molecule has 2 N–H and O–H groups in total. The van der Waals surface area contributed by atoms with E-state index in [1.54, 1.807) is 24.4 Å². The zero-order valence-electron chi connectivity index (χ0n) is 26.1. The number of hydrogen-bond acceptors (Lipinski definition) is 8. The van der Waals surface area contributed by atoms with Crippen molar-refractivity contribution in [3.05, 3.63) is 82.8 Å². The monoisotopic (exact) mass is 688 g/mol. The summed E-state index contributed by atoms with van der Waals surface area (Å²) in [5.41, 5.74) is 1.73. The van der Waals surface area contributed by atoms with E-state index in [0.29, 0.717) is 40.8 Å². The lowest BCUT2D eigenvalue weighted by atomic mass is 10.1. The van der Waals surface area contributed by atoms with Crippen LogP contribution in [0.4, 0.5) is 28.0 Å². The summed E-state index contributed by atoms with van der Waals surface area (Å²) < 4.78 is 71.8. The topological polar surface area (TPSA) is 101 Å². The Morgan fingerprint density at radius 3 is 2.54 bits per heavy atom. The molecule has 1 aromatic heterocycles. The number of carbonyl (C=O) groups excluding carboxylic acids is 1. The summed E-state index contributed by atoms with van der Waals surface area (Å²) in [6, 6.07) is 11.2. The number of carbonyl (C=O) groups is 1. The lowest BCUT2D eigenvalue weighted by Gasteiger charge is -2.32. The quantitative estimate of drug-likeness (QED) is 0.0756. The van der Waals surface area contributed by atoms with Crippen LogP contribution in [0.1, 0.15) is 17.5 Å². The average molecular weight is 689 g/mol. The van der Waals surface area contributed by atoms with E-state index in [4.69, 9.17) is 25.8 Å². The average Bonchev–Trinajstić information content (AvgIpc) is 3.05. The van der Waals surface area contributed by atoms with E-state index in [9.17, 15) is 18.0 Å². The van der Waals surface area contributed by atoms with Gasteiger partial charge in [-0.05, 0) is 67.6 Å². The van der Waals surface area contributed by atoms with Crippen LogP contribution in [0.3, 0.4) is 0 Å². The molecule has 2 heterocycles. The molecule has 1 fully saturated rings. The van der Waals surface area contributed by atoms with E-state index in [1.807, 2.05) is 0 Å². The van der Waals surface area contributed by atoms with Crippen molar-refractivity contribution in [2.24, 2.45) is 5.10 Å². The summed E-state index contributed by atoms with van der Waals surface area (Å²) in [6.45, 7) is 5.66. The van der Waals surface area contributed by atoms with Gasteiger partial charge in [0.1, 0.15) is 5.75 Å². The van der Waals surface area contributed by atoms with Gasteiger partial charge in [0, 0.05) is 56.1 Å². The van der Waals surface area contributed by atoms with Crippen molar-refractivity contribution in [3.63, 3.8) is 0 Å². The van der Waals surface area contributed by atoms with Crippen LogP contribution >= 0.6 is 11.6 Å². The van der Waals surface area contributed by atoms with Gasteiger partial charge in [0.15, 0.2) is 23.1 Å². The first-order chi connectivity index (χ1) is 23.0. The van der Waals surface area contributed by atoms with Gasteiger partial charge in [0.25, 0.3) is 0 Å². The van der Waals surface area contributed by atoms with Gasteiger partial charge >= 0.3 is 12.2 Å². The number of methoxy groups -OCH3 is 1. The number of fused-ring (bicyclic) bond motifs is 1. The Morgan fingerprint density at radius 1 is 1.02 bits per heavy atom. The highest BCUT2D eigenvalue weighted by Gasteiger charge is 2.33. The first-order valence-electron chi connectivity index (χ1n) is 14.9. The largest absolute Gasteiger partial charge is 0.493 e. The van der Waals surface area contributed by atoms with Crippen LogP contribution in [0.5, 0.6) is 23.0 Å². The van der Waals surface area contributed by atoms with E-state index in [2.05, 4.69) is 37.7 Å². The number of nitrogens with one attached hydrogen (secondary N) is 2. The molecule has 48 heavy (non-hydrogen) atoms. The Balaban J connectivity index is 1.19. The number of rotatable bonds is 11. The molecule has 4 aromatic rings. The smallest absolute Gasteiger partial charge is 0.417 e. The molecule has 0 bridgehead atoms. The maximum Gasteiger partial charge on any atom is 0.417 e. The third kappa shape index (κ3) is 9.02. The number of piperazine rings is 1. The van der Waals surface area contributed by atoms with Crippen molar-refractivity contribution in [2.75, 3.05) is 58.8 Å². The molecule has 1 aliphatic rings. The van der Waals surface area contributed by atoms with Crippen LogP contribution < -0.4 is 25.0 Å². The van der Waals surface area contributed by atoms with E-state index in [-0.39, 0.29) is 17.0 Å². The van der Waals surface area contributed by atoms with Crippen molar-refractivity contribution < 1.29 is 36.6 Å². The minimum atomic E-state index is -4.69. The molecular weight excluding hydrogens is 656 g/mol. The highest BCUT2D eigenvalue weighted by molar-refractivity contribution is 6.31. The van der Waals surface area contributed by atoms with Crippen LogP contribution in [-0.2, 0) is 6.18 Å². The SMILES string of the molecule is COc1cc2c(Oc3ccc(/C=N/NC(=O)Nc4ccc(Cl)c(C(F)(F)F)c4)cc3F)ccnc2cc1OCCCN1CCN(C)CC1. The molecule has 15 heteroatoms. The van der Waals surface area contributed by atoms with Gasteiger partial charge in [-0.25, -0.2) is 14.6 Å². The predicted molar refractivity (Wildman–Crippen MR) is 175 cm³/mol. The molecule has 2 amide bonds. The van der Waals surface area contributed by atoms with Gasteiger partial charge in [-0.3, -0.25) is 4.98 Å². The second-order valence-corrected chi connectivity index (χ2v) is 11.4. The van der Waals surface area contributed by atoms with Gasteiger partial charge in [-0.1, -0.05) is 11.6 Å². The minimum absolute atomic E-state index is 0.0724. The number of hydrazone groups is 1. The summed E-state index contributed by atoms with van der Waals surface area (Å²) in [5.74, 6) is 0.595. The summed E-state index contributed by atoms with van der Waals surface area (Å²) in [4.78, 5) is 21.3. The molecule has 0 aliphatic carbocycles. The van der Waals surface area contributed by atoms with Crippen molar-refractivity contribution in [2.45, 2.75) is 12.6 Å². The van der Waals surface area contributed by atoms with Crippen molar-refractivity contribution >= 4 is 40.4 Å². The number of ether oxygens (including phenoxy) is 3. The first kappa shape index (κ1) is 34.7. The molecule has 0 unspecified atom stereocenters. The summed E-state index contributed by atoms with van der Waals surface area (Å²) >= 11 is 5.60. The zero-order chi connectivity index (χ0) is 34.3. The Bertz CT molecular complexity index is 1780. The fourth-order valence-electron chi connectivity index (χ4n) is 4.97. The lowest BCUT2D eigenvalue weighted by molar-refractivity contribution is -0.137. The summed E-state index contributed by atoms with van der Waals surface area (Å²) in [7, 11) is 3.66. The first-order valence-corrected chi connectivity index (χ1v) is 15.3. The fourth-order valence-corrected chi connectivity index (χ4v) is 5.20. The van der Waals surface area contributed by atoms with Crippen molar-refractivity contribution in [1.82, 2.24) is 20.2 Å². The molecule has 1 saturated heterocycles. The Morgan fingerprint density at radius 2 is 1.81 bits per heavy atom. The number of aromatic nitrogens is 1. The molecular formula is C33H33ClF4N6O4. The van der Waals surface area contributed by atoms with Crippen LogP contribution in [0.15, 0.2) is 65.9 Å². The molecule has 3 aromatic carbocycles. The zero-order valence-corrected chi connectivity index (χ0v) is 26.9. The number of alkyl halides is 3. The third-order valence-corrected chi connectivity index (χ3v) is 7.87. The molecule has 1 aliphatic heterocycles. The van der Waals surface area contributed by atoms with Crippen molar-refractivity contribution in [1.29, 1.82) is 0 Å². The number of hydrogen-bond donors (Lipinski definition) is 2. The molecule has 5 rings (SSSR count). The van der Waals surface area contributed by atoms with Crippen LogP contribution in [-0.4, -0.2) is 80.5 Å². The highest BCUT2D eigenvalue weighted by Crippen LogP contribution is 2.38. The number of anilines is 1. The molecule has 254 valence electrons. The molecule has 0 saturated carbocycles. The van der Waals surface area contributed by atoms with Gasteiger partial charge < -0.3 is 29.3 Å². The Labute approximate surface area is 279 Å². The number of urea groups is 1. The number of halogens is 5.